The summed E-state index contributed by atoms with van der Waals surface area (Å²) in [6.45, 7) is 8.84. The molecule has 2 heterocycles. The molecule has 2 rings (SSSR count). The van der Waals surface area contributed by atoms with Crippen molar-refractivity contribution in [1.82, 2.24) is 20.4 Å². The normalized spacial score (nSPS) is 22.0. The molecular weight excluding hydrogens is 266 g/mol. The van der Waals surface area contributed by atoms with Crippen LogP contribution < -0.4 is 10.6 Å². The van der Waals surface area contributed by atoms with Crippen LogP contribution in [0.25, 0.3) is 0 Å². The lowest BCUT2D eigenvalue weighted by Crippen LogP contribution is -2.45. The van der Waals surface area contributed by atoms with E-state index >= 15 is 0 Å². The SMILES string of the molecule is CN=C(NCCN1CCOCC1)NCC1=CCN(C)CC1. The van der Waals surface area contributed by atoms with Crippen LogP contribution in [-0.2, 0) is 4.74 Å². The molecule has 0 aliphatic carbocycles. The van der Waals surface area contributed by atoms with Crippen LogP contribution in [0.15, 0.2) is 16.6 Å². The highest BCUT2D eigenvalue weighted by Crippen LogP contribution is 2.07. The van der Waals surface area contributed by atoms with Crippen LogP contribution in [0.1, 0.15) is 6.42 Å². The molecule has 0 atom stereocenters. The Morgan fingerprint density at radius 2 is 2.10 bits per heavy atom. The third-order valence-corrected chi connectivity index (χ3v) is 4.04. The molecule has 2 aliphatic rings. The van der Waals surface area contributed by atoms with E-state index < -0.39 is 0 Å². The Kier molecular flexibility index (Phi) is 6.99. The van der Waals surface area contributed by atoms with Gasteiger partial charge in [-0.1, -0.05) is 11.6 Å². The second-order valence-corrected chi connectivity index (χ2v) is 5.68. The Morgan fingerprint density at radius 1 is 1.29 bits per heavy atom. The highest BCUT2D eigenvalue weighted by molar-refractivity contribution is 5.79. The van der Waals surface area contributed by atoms with Gasteiger partial charge in [-0.25, -0.2) is 0 Å². The highest BCUT2D eigenvalue weighted by atomic mass is 16.5. The Morgan fingerprint density at radius 3 is 2.76 bits per heavy atom. The number of ether oxygens (including phenoxy) is 1. The Labute approximate surface area is 128 Å². The Balaban J connectivity index is 1.61. The van der Waals surface area contributed by atoms with Gasteiger partial charge in [0, 0.05) is 52.9 Å². The number of likely N-dealkylation sites (N-methyl/N-ethyl adjacent to an activating group) is 1. The zero-order valence-electron chi connectivity index (χ0n) is 13.4. The van der Waals surface area contributed by atoms with Crippen LogP contribution in [-0.4, -0.2) is 88.9 Å². The number of hydrogen-bond donors (Lipinski definition) is 2. The maximum absolute atomic E-state index is 5.35. The molecule has 1 saturated heterocycles. The van der Waals surface area contributed by atoms with E-state index in [1.165, 1.54) is 5.57 Å². The van der Waals surface area contributed by atoms with Crippen molar-refractivity contribution in [2.45, 2.75) is 6.42 Å². The van der Waals surface area contributed by atoms with E-state index in [4.69, 9.17) is 4.74 Å². The molecule has 0 amide bonds. The molecule has 0 spiro atoms. The molecule has 1 fully saturated rings. The third kappa shape index (κ3) is 6.03. The fraction of sp³-hybridized carbons (Fsp3) is 0.800. The second-order valence-electron chi connectivity index (χ2n) is 5.68. The maximum atomic E-state index is 5.35. The molecule has 21 heavy (non-hydrogen) atoms. The molecule has 0 unspecified atom stereocenters. The predicted molar refractivity (Wildman–Crippen MR) is 86.8 cm³/mol. The van der Waals surface area contributed by atoms with Gasteiger partial charge in [-0.2, -0.15) is 0 Å². The largest absolute Gasteiger partial charge is 0.379 e. The summed E-state index contributed by atoms with van der Waals surface area (Å²) in [6.07, 6.45) is 3.46. The van der Waals surface area contributed by atoms with Gasteiger partial charge < -0.3 is 20.3 Å². The van der Waals surface area contributed by atoms with E-state index in [0.29, 0.717) is 0 Å². The van der Waals surface area contributed by atoms with Gasteiger partial charge in [-0.05, 0) is 13.5 Å². The first-order valence-corrected chi connectivity index (χ1v) is 7.89. The minimum Gasteiger partial charge on any atom is -0.379 e. The number of aliphatic imine (C=N–C) groups is 1. The lowest BCUT2D eigenvalue weighted by molar-refractivity contribution is 0.0389. The quantitative estimate of drug-likeness (QED) is 0.416. The maximum Gasteiger partial charge on any atom is 0.191 e. The van der Waals surface area contributed by atoms with Crippen LogP contribution in [0.4, 0.5) is 0 Å². The zero-order chi connectivity index (χ0) is 14.9. The summed E-state index contributed by atoms with van der Waals surface area (Å²) in [5.74, 6) is 0.892. The molecule has 0 aromatic carbocycles. The summed E-state index contributed by atoms with van der Waals surface area (Å²) in [4.78, 5) is 9.04. The number of nitrogens with zero attached hydrogens (tertiary/aromatic N) is 3. The monoisotopic (exact) mass is 295 g/mol. The Bertz CT molecular complexity index is 363. The Hall–Kier alpha value is -1.11. The van der Waals surface area contributed by atoms with Crippen LogP contribution in [0.5, 0.6) is 0 Å². The summed E-state index contributed by atoms with van der Waals surface area (Å²) >= 11 is 0. The van der Waals surface area contributed by atoms with E-state index in [0.717, 1.165) is 71.4 Å². The van der Waals surface area contributed by atoms with Gasteiger partial charge in [0.15, 0.2) is 5.96 Å². The highest BCUT2D eigenvalue weighted by Gasteiger charge is 2.10. The molecule has 0 aromatic heterocycles. The van der Waals surface area contributed by atoms with Crippen molar-refractivity contribution < 1.29 is 4.74 Å². The third-order valence-electron chi connectivity index (χ3n) is 4.04. The number of guanidine groups is 1. The first-order valence-electron chi connectivity index (χ1n) is 7.89. The van der Waals surface area contributed by atoms with Gasteiger partial charge in [-0.3, -0.25) is 9.89 Å². The van der Waals surface area contributed by atoms with Crippen LogP contribution in [0.2, 0.25) is 0 Å². The average Bonchev–Trinajstić information content (AvgIpc) is 2.53. The summed E-state index contributed by atoms with van der Waals surface area (Å²) < 4.78 is 5.35. The van der Waals surface area contributed by atoms with Crippen molar-refractivity contribution in [3.8, 4) is 0 Å². The lowest BCUT2D eigenvalue weighted by atomic mass is 10.1. The molecule has 120 valence electrons. The summed E-state index contributed by atoms with van der Waals surface area (Å²) in [7, 11) is 3.99. The van der Waals surface area contributed by atoms with E-state index in [9.17, 15) is 0 Å². The predicted octanol–water partition coefficient (Wildman–Crippen LogP) is -0.254. The standard InChI is InChI=1S/C15H29N5O/c1-16-15(17-5-8-20-9-11-21-12-10-20)18-13-14-3-6-19(2)7-4-14/h3H,4-13H2,1-2H3,(H2,16,17,18). The van der Waals surface area contributed by atoms with E-state index in [1.807, 2.05) is 7.05 Å². The fourth-order valence-corrected chi connectivity index (χ4v) is 2.55. The first kappa shape index (κ1) is 16.3. The molecule has 6 nitrogen and oxygen atoms in total. The topological polar surface area (TPSA) is 52.1 Å². The lowest BCUT2D eigenvalue weighted by Gasteiger charge is -2.27. The van der Waals surface area contributed by atoms with Crippen LogP contribution >= 0.6 is 0 Å². The molecule has 0 saturated carbocycles. The van der Waals surface area contributed by atoms with Gasteiger partial charge in [0.25, 0.3) is 0 Å². The van der Waals surface area contributed by atoms with Crippen molar-refractivity contribution in [3.63, 3.8) is 0 Å². The van der Waals surface area contributed by atoms with Gasteiger partial charge in [0.2, 0.25) is 0 Å². The van der Waals surface area contributed by atoms with E-state index in [-0.39, 0.29) is 0 Å². The molecule has 2 N–H and O–H groups in total. The molecule has 0 radical (unpaired) electrons. The van der Waals surface area contributed by atoms with E-state index in [2.05, 4.69) is 38.5 Å². The number of morpholine rings is 1. The average molecular weight is 295 g/mol. The summed E-state index contributed by atoms with van der Waals surface area (Å²) in [6, 6.07) is 0. The van der Waals surface area contributed by atoms with Crippen molar-refractivity contribution in [2.75, 3.05) is 73.1 Å². The van der Waals surface area contributed by atoms with Crippen molar-refractivity contribution in [1.29, 1.82) is 0 Å². The van der Waals surface area contributed by atoms with Crippen LogP contribution in [0.3, 0.4) is 0 Å². The second kappa shape index (κ2) is 9.02. The van der Waals surface area contributed by atoms with Gasteiger partial charge in [0.1, 0.15) is 0 Å². The molecule has 2 aliphatic heterocycles. The van der Waals surface area contributed by atoms with Gasteiger partial charge in [0.05, 0.1) is 13.2 Å². The minimum absolute atomic E-state index is 0.857. The van der Waals surface area contributed by atoms with Gasteiger partial charge in [-0.15, -0.1) is 0 Å². The number of nitrogens with one attached hydrogen (secondary N) is 2. The summed E-state index contributed by atoms with van der Waals surface area (Å²) in [5.41, 5.74) is 1.48. The molecule has 0 aromatic rings. The zero-order valence-corrected chi connectivity index (χ0v) is 13.4. The molecule has 6 heteroatoms. The van der Waals surface area contributed by atoms with Crippen molar-refractivity contribution in [3.05, 3.63) is 11.6 Å². The van der Waals surface area contributed by atoms with Crippen molar-refractivity contribution in [2.24, 2.45) is 4.99 Å². The number of rotatable bonds is 5. The van der Waals surface area contributed by atoms with Crippen molar-refractivity contribution >= 4 is 5.96 Å². The molecular formula is C15H29N5O. The first-order chi connectivity index (χ1) is 10.3. The van der Waals surface area contributed by atoms with Crippen LogP contribution in [0, 0.1) is 0 Å². The van der Waals surface area contributed by atoms with Gasteiger partial charge >= 0.3 is 0 Å². The fourth-order valence-electron chi connectivity index (χ4n) is 2.55. The minimum atomic E-state index is 0.857. The smallest absolute Gasteiger partial charge is 0.191 e. The van der Waals surface area contributed by atoms with E-state index in [1.54, 1.807) is 0 Å². The number of hydrogen-bond acceptors (Lipinski definition) is 4. The summed E-state index contributed by atoms with van der Waals surface area (Å²) in [5, 5.41) is 6.78. The molecule has 0 bridgehead atoms.